The van der Waals surface area contributed by atoms with E-state index in [-0.39, 0.29) is 5.91 Å². The number of rotatable bonds is 5. The Labute approximate surface area is 126 Å². The zero-order valence-electron chi connectivity index (χ0n) is 13.2. The first-order valence-corrected chi connectivity index (χ1v) is 7.64. The maximum atomic E-state index is 12.7. The van der Waals surface area contributed by atoms with Gasteiger partial charge in [0.15, 0.2) is 0 Å². The summed E-state index contributed by atoms with van der Waals surface area (Å²) >= 11 is 0. The van der Waals surface area contributed by atoms with Gasteiger partial charge in [-0.2, -0.15) is 0 Å². The van der Waals surface area contributed by atoms with Crippen LogP contribution in [0.4, 0.5) is 5.82 Å². The van der Waals surface area contributed by atoms with Crippen molar-refractivity contribution in [3.63, 3.8) is 0 Å². The van der Waals surface area contributed by atoms with E-state index in [2.05, 4.69) is 10.3 Å². The second-order valence-electron chi connectivity index (χ2n) is 5.55. The van der Waals surface area contributed by atoms with Crippen molar-refractivity contribution in [2.24, 2.45) is 5.92 Å². The van der Waals surface area contributed by atoms with E-state index in [4.69, 9.17) is 4.74 Å². The van der Waals surface area contributed by atoms with E-state index in [0.29, 0.717) is 5.92 Å². The quantitative estimate of drug-likeness (QED) is 0.903. The summed E-state index contributed by atoms with van der Waals surface area (Å²) in [4.78, 5) is 19.1. The Balaban J connectivity index is 2.15. The smallest absolute Gasteiger partial charge is 0.254 e. The van der Waals surface area contributed by atoms with Gasteiger partial charge in [0.2, 0.25) is 0 Å². The number of aryl methyl sites for hydroxylation is 1. The van der Waals surface area contributed by atoms with E-state index in [1.54, 1.807) is 7.11 Å². The number of pyridine rings is 1. The van der Waals surface area contributed by atoms with E-state index in [1.165, 1.54) is 0 Å². The van der Waals surface area contributed by atoms with E-state index in [9.17, 15) is 4.79 Å². The van der Waals surface area contributed by atoms with E-state index >= 15 is 0 Å². The van der Waals surface area contributed by atoms with Gasteiger partial charge in [0.05, 0.1) is 6.61 Å². The number of nitrogens with zero attached hydrogens (tertiary/aromatic N) is 2. The van der Waals surface area contributed by atoms with Crippen molar-refractivity contribution in [2.45, 2.75) is 26.2 Å². The van der Waals surface area contributed by atoms with Gasteiger partial charge < -0.3 is 15.0 Å². The third kappa shape index (κ3) is 3.94. The van der Waals surface area contributed by atoms with Crippen LogP contribution in [0.1, 0.15) is 35.8 Å². The minimum Gasteiger partial charge on any atom is -0.384 e. The molecule has 2 heterocycles. The summed E-state index contributed by atoms with van der Waals surface area (Å²) in [7, 11) is 3.54. The molecule has 1 atom stereocenters. The minimum absolute atomic E-state index is 0.101. The number of hydrogen-bond donors (Lipinski definition) is 1. The summed E-state index contributed by atoms with van der Waals surface area (Å²) in [5.74, 6) is 1.30. The Hall–Kier alpha value is -1.62. The Morgan fingerprint density at radius 1 is 1.52 bits per heavy atom. The zero-order valence-corrected chi connectivity index (χ0v) is 13.2. The molecule has 21 heavy (non-hydrogen) atoms. The van der Waals surface area contributed by atoms with Gasteiger partial charge in [0.1, 0.15) is 5.82 Å². The molecular weight excluding hydrogens is 266 g/mol. The molecule has 1 aliphatic heterocycles. The highest BCUT2D eigenvalue weighted by Crippen LogP contribution is 2.20. The molecule has 5 heteroatoms. The molecule has 2 rings (SSSR count). The maximum Gasteiger partial charge on any atom is 0.254 e. The van der Waals surface area contributed by atoms with Gasteiger partial charge in [-0.25, -0.2) is 4.98 Å². The first-order valence-electron chi connectivity index (χ1n) is 7.64. The second-order valence-corrected chi connectivity index (χ2v) is 5.55. The topological polar surface area (TPSA) is 54.5 Å². The van der Waals surface area contributed by atoms with Crippen LogP contribution < -0.4 is 5.32 Å². The summed E-state index contributed by atoms with van der Waals surface area (Å²) in [6, 6.07) is 3.74. The number of piperidine rings is 1. The van der Waals surface area contributed by atoms with Gasteiger partial charge in [0, 0.05) is 38.5 Å². The number of methoxy groups -OCH3 is 1. The lowest BCUT2D eigenvalue weighted by Crippen LogP contribution is -2.41. The van der Waals surface area contributed by atoms with Crippen LogP contribution in [0.2, 0.25) is 0 Å². The lowest BCUT2D eigenvalue weighted by Gasteiger charge is -2.32. The third-order valence-corrected chi connectivity index (χ3v) is 3.95. The molecule has 1 aromatic rings. The monoisotopic (exact) mass is 291 g/mol. The molecule has 1 N–H and O–H groups in total. The molecule has 0 spiro atoms. The normalized spacial score (nSPS) is 18.6. The van der Waals surface area contributed by atoms with Crippen LogP contribution in [0.15, 0.2) is 12.1 Å². The molecule has 1 unspecified atom stereocenters. The molecule has 116 valence electrons. The number of nitrogens with one attached hydrogen (secondary N) is 1. The molecule has 0 saturated carbocycles. The van der Waals surface area contributed by atoms with Crippen molar-refractivity contribution in [2.75, 3.05) is 39.2 Å². The van der Waals surface area contributed by atoms with Crippen molar-refractivity contribution in [1.29, 1.82) is 0 Å². The van der Waals surface area contributed by atoms with Crippen LogP contribution in [-0.4, -0.2) is 49.6 Å². The molecule has 5 nitrogen and oxygen atoms in total. The van der Waals surface area contributed by atoms with Crippen molar-refractivity contribution < 1.29 is 9.53 Å². The molecule has 1 saturated heterocycles. The van der Waals surface area contributed by atoms with Gasteiger partial charge in [-0.05, 0) is 37.3 Å². The average molecular weight is 291 g/mol. The van der Waals surface area contributed by atoms with Crippen LogP contribution in [0.3, 0.4) is 0 Å². The van der Waals surface area contributed by atoms with E-state index in [1.807, 2.05) is 31.0 Å². The van der Waals surface area contributed by atoms with Crippen LogP contribution in [0, 0.1) is 5.92 Å². The van der Waals surface area contributed by atoms with Crippen LogP contribution in [0.5, 0.6) is 0 Å². The predicted molar refractivity (Wildman–Crippen MR) is 83.7 cm³/mol. The number of carbonyl (C=O) groups excluding carboxylic acids is 1. The number of anilines is 1. The Morgan fingerprint density at radius 2 is 2.33 bits per heavy atom. The second kappa shape index (κ2) is 7.41. The minimum atomic E-state index is 0.101. The predicted octanol–water partition coefficient (Wildman–Crippen LogP) is 2.18. The number of ether oxygens (including phenoxy) is 1. The molecule has 0 bridgehead atoms. The van der Waals surface area contributed by atoms with Crippen molar-refractivity contribution >= 4 is 11.7 Å². The highest BCUT2D eigenvalue weighted by atomic mass is 16.5. The number of likely N-dealkylation sites (tertiary alicyclic amines) is 1. The first kappa shape index (κ1) is 15.8. The molecule has 0 aromatic carbocycles. The maximum absolute atomic E-state index is 12.7. The van der Waals surface area contributed by atoms with E-state index in [0.717, 1.165) is 56.0 Å². The van der Waals surface area contributed by atoms with Crippen molar-refractivity contribution in [1.82, 2.24) is 9.88 Å². The first-order chi connectivity index (χ1) is 10.2. The summed E-state index contributed by atoms with van der Waals surface area (Å²) in [5, 5.41) is 3.03. The lowest BCUT2D eigenvalue weighted by atomic mass is 9.98. The van der Waals surface area contributed by atoms with Gasteiger partial charge in [-0.15, -0.1) is 0 Å². The highest BCUT2D eigenvalue weighted by Gasteiger charge is 2.24. The largest absolute Gasteiger partial charge is 0.384 e. The van der Waals surface area contributed by atoms with Gasteiger partial charge >= 0.3 is 0 Å². The molecule has 1 aliphatic rings. The Morgan fingerprint density at radius 3 is 3.00 bits per heavy atom. The summed E-state index contributed by atoms with van der Waals surface area (Å²) in [6.45, 7) is 4.39. The highest BCUT2D eigenvalue weighted by molar-refractivity contribution is 5.95. The van der Waals surface area contributed by atoms with Crippen LogP contribution in [-0.2, 0) is 11.2 Å². The third-order valence-electron chi connectivity index (χ3n) is 3.95. The van der Waals surface area contributed by atoms with Gasteiger partial charge in [-0.1, -0.05) is 6.92 Å². The molecular formula is C16H25N3O2. The fraction of sp³-hybridized carbons (Fsp3) is 0.625. The Kier molecular flexibility index (Phi) is 5.56. The lowest BCUT2D eigenvalue weighted by molar-refractivity contribution is 0.0571. The molecule has 0 aliphatic carbocycles. The average Bonchev–Trinajstić information content (AvgIpc) is 2.54. The molecule has 1 fully saturated rings. The SMILES string of the molecule is CCc1cc(C(=O)N2CCCC(COC)C2)cc(NC)n1. The number of carbonyl (C=O) groups is 1. The summed E-state index contributed by atoms with van der Waals surface area (Å²) in [5.41, 5.74) is 1.67. The summed E-state index contributed by atoms with van der Waals surface area (Å²) in [6.07, 6.45) is 3.00. The van der Waals surface area contributed by atoms with Crippen molar-refractivity contribution in [3.05, 3.63) is 23.4 Å². The zero-order chi connectivity index (χ0) is 15.2. The van der Waals surface area contributed by atoms with Gasteiger partial charge in [-0.3, -0.25) is 4.79 Å². The molecule has 1 amide bonds. The number of hydrogen-bond acceptors (Lipinski definition) is 4. The fourth-order valence-electron chi connectivity index (χ4n) is 2.82. The standard InChI is InChI=1S/C16H25N3O2/c1-4-14-8-13(9-15(17-2)18-14)16(20)19-7-5-6-12(10-19)11-21-3/h8-9,12H,4-7,10-11H2,1-3H3,(H,17,18). The Bertz CT molecular complexity index is 466. The number of aromatic nitrogens is 1. The molecule has 1 aromatic heterocycles. The van der Waals surface area contributed by atoms with Crippen molar-refractivity contribution in [3.8, 4) is 0 Å². The summed E-state index contributed by atoms with van der Waals surface area (Å²) < 4.78 is 5.23. The fourth-order valence-corrected chi connectivity index (χ4v) is 2.82. The number of amides is 1. The van der Waals surface area contributed by atoms with Crippen LogP contribution >= 0.6 is 0 Å². The van der Waals surface area contributed by atoms with Crippen LogP contribution in [0.25, 0.3) is 0 Å². The van der Waals surface area contributed by atoms with E-state index < -0.39 is 0 Å². The molecule has 0 radical (unpaired) electrons. The van der Waals surface area contributed by atoms with Gasteiger partial charge in [0.25, 0.3) is 5.91 Å².